The van der Waals surface area contributed by atoms with E-state index in [-0.39, 0.29) is 34.8 Å². The van der Waals surface area contributed by atoms with E-state index in [9.17, 15) is 40.5 Å². The number of phenols is 3. The van der Waals surface area contributed by atoms with Gasteiger partial charge in [0.25, 0.3) is 0 Å². The Morgan fingerprint density at radius 1 is 0.844 bits per heavy atom. The molecule has 1 aliphatic rings. The van der Waals surface area contributed by atoms with Crippen molar-refractivity contribution in [3.8, 4) is 34.3 Å². The van der Waals surface area contributed by atoms with Gasteiger partial charge in [-0.3, -0.25) is 4.79 Å². The van der Waals surface area contributed by atoms with Crippen molar-refractivity contribution in [1.82, 2.24) is 0 Å². The first-order valence-corrected chi connectivity index (χ1v) is 9.49. The summed E-state index contributed by atoms with van der Waals surface area (Å²) < 4.78 is 16.2. The fourth-order valence-electron chi connectivity index (χ4n) is 3.39. The molecule has 2 heterocycles. The summed E-state index contributed by atoms with van der Waals surface area (Å²) in [5, 5.41) is 68.2. The minimum absolute atomic E-state index is 0.0229. The fraction of sp³-hybridized carbons (Fsp3) is 0.286. The number of ether oxygens (including phenoxy) is 2. The summed E-state index contributed by atoms with van der Waals surface area (Å²) in [6.07, 6.45) is -7.80. The fourth-order valence-corrected chi connectivity index (χ4v) is 3.39. The highest BCUT2D eigenvalue weighted by atomic mass is 16.6. The molecule has 170 valence electrons. The number of fused-ring (bicyclic) bond motifs is 1. The molecule has 5 atom stereocenters. The van der Waals surface area contributed by atoms with Gasteiger partial charge in [-0.1, -0.05) is 0 Å². The van der Waals surface area contributed by atoms with E-state index in [2.05, 4.69) is 0 Å². The minimum Gasteiger partial charge on any atom is -0.507 e. The van der Waals surface area contributed by atoms with Crippen LogP contribution in [-0.2, 0) is 4.74 Å². The van der Waals surface area contributed by atoms with Gasteiger partial charge in [0.05, 0.1) is 0 Å². The molecule has 11 heteroatoms. The van der Waals surface area contributed by atoms with E-state index in [0.29, 0.717) is 5.56 Å². The second-order valence-electron chi connectivity index (χ2n) is 7.34. The quantitative estimate of drug-likeness (QED) is 0.261. The summed E-state index contributed by atoms with van der Waals surface area (Å²) >= 11 is 0. The van der Waals surface area contributed by atoms with E-state index >= 15 is 0 Å². The van der Waals surface area contributed by atoms with Crippen molar-refractivity contribution >= 4 is 11.0 Å². The molecule has 1 fully saturated rings. The van der Waals surface area contributed by atoms with Crippen molar-refractivity contribution in [2.75, 3.05) is 6.61 Å². The molecule has 0 saturated carbocycles. The third kappa shape index (κ3) is 3.95. The minimum atomic E-state index is -1.73. The lowest BCUT2D eigenvalue weighted by molar-refractivity contribution is -0.285. The zero-order valence-corrected chi connectivity index (χ0v) is 16.3. The summed E-state index contributed by atoms with van der Waals surface area (Å²) in [6.45, 7) is -0.372. The number of hydrogen-bond acceptors (Lipinski definition) is 11. The van der Waals surface area contributed by atoms with Crippen molar-refractivity contribution in [3.63, 3.8) is 0 Å². The van der Waals surface area contributed by atoms with Crippen molar-refractivity contribution < 1.29 is 49.6 Å². The van der Waals surface area contributed by atoms with Crippen LogP contribution in [0.3, 0.4) is 0 Å². The lowest BCUT2D eigenvalue weighted by Gasteiger charge is -2.38. The molecule has 0 spiro atoms. The van der Waals surface area contributed by atoms with Crippen LogP contribution >= 0.6 is 0 Å². The molecule has 0 amide bonds. The Hall–Kier alpha value is -3.35. The normalized spacial score (nSPS) is 25.7. The molecule has 1 saturated heterocycles. The molecular weight excluding hydrogens is 428 g/mol. The molecule has 2 aromatic carbocycles. The van der Waals surface area contributed by atoms with Crippen LogP contribution in [0.5, 0.6) is 23.0 Å². The van der Waals surface area contributed by atoms with Crippen LogP contribution in [0.25, 0.3) is 22.3 Å². The first-order chi connectivity index (χ1) is 15.2. The first kappa shape index (κ1) is 21.9. The zero-order chi connectivity index (χ0) is 23.2. The van der Waals surface area contributed by atoms with Crippen molar-refractivity contribution in [2.24, 2.45) is 0 Å². The maximum Gasteiger partial charge on any atom is 0.197 e. The maximum absolute atomic E-state index is 12.5. The van der Waals surface area contributed by atoms with Crippen LogP contribution in [0.15, 0.2) is 45.6 Å². The molecule has 7 N–H and O–H groups in total. The molecule has 11 nitrogen and oxygen atoms in total. The Morgan fingerprint density at radius 2 is 1.59 bits per heavy atom. The summed E-state index contributed by atoms with van der Waals surface area (Å²) in [7, 11) is 0. The molecular formula is C21H20O11. The number of phenolic OH excluding ortho intramolecular Hbond substituents is 3. The summed E-state index contributed by atoms with van der Waals surface area (Å²) in [5.74, 6) is -1.12. The van der Waals surface area contributed by atoms with E-state index in [1.165, 1.54) is 24.3 Å². The number of rotatable bonds is 4. The first-order valence-electron chi connectivity index (χ1n) is 9.49. The lowest BCUT2D eigenvalue weighted by Crippen LogP contribution is -2.58. The van der Waals surface area contributed by atoms with Gasteiger partial charge < -0.3 is 49.6 Å². The number of aromatic hydroxyl groups is 3. The van der Waals surface area contributed by atoms with Crippen LogP contribution in [0.4, 0.5) is 0 Å². The van der Waals surface area contributed by atoms with E-state index in [1.807, 2.05) is 0 Å². The predicted octanol–water partition coefficient (Wildman–Crippen LogP) is -0.245. The average molecular weight is 448 g/mol. The largest absolute Gasteiger partial charge is 0.507 e. The number of hydrogen-bond donors (Lipinski definition) is 7. The zero-order valence-electron chi connectivity index (χ0n) is 16.3. The van der Waals surface area contributed by atoms with Gasteiger partial charge in [-0.15, -0.1) is 0 Å². The standard InChI is InChI=1S/C21H20O11/c22-10-2-1-8(3-11(10)23)14-6-13(25)17-12(24)4-9(5-15(17)31-14)30-7-16-18(26)19(27)20(28)21(29)32-16/h1-6,16,18-24,26-29H,7H2/t16-,18-,19+,20-,21-/m1/s1. The van der Waals surface area contributed by atoms with E-state index < -0.39 is 47.6 Å². The van der Waals surface area contributed by atoms with Crippen LogP contribution in [0, 0.1) is 0 Å². The lowest BCUT2D eigenvalue weighted by atomic mass is 9.99. The Kier molecular flexibility index (Phi) is 5.67. The molecule has 4 rings (SSSR count). The SMILES string of the molecule is O=c1cc(-c2ccc(O)c(O)c2)oc2cc(OC[C@H]3O[C@@H](O)[C@H](O)[C@@H](O)[C@@H]3O)cc(O)c12. The highest BCUT2D eigenvalue weighted by Crippen LogP contribution is 2.34. The second kappa shape index (κ2) is 8.30. The number of benzene rings is 2. The molecule has 0 radical (unpaired) electrons. The second-order valence-corrected chi connectivity index (χ2v) is 7.34. The van der Waals surface area contributed by atoms with Gasteiger partial charge in [0.2, 0.25) is 0 Å². The highest BCUT2D eigenvalue weighted by molar-refractivity contribution is 5.86. The van der Waals surface area contributed by atoms with Gasteiger partial charge >= 0.3 is 0 Å². The van der Waals surface area contributed by atoms with Gasteiger partial charge in [-0.2, -0.15) is 0 Å². The molecule has 0 bridgehead atoms. The maximum atomic E-state index is 12.5. The van der Waals surface area contributed by atoms with Gasteiger partial charge in [0, 0.05) is 23.8 Å². The third-order valence-corrected chi connectivity index (χ3v) is 5.14. The van der Waals surface area contributed by atoms with Crippen molar-refractivity contribution in [2.45, 2.75) is 30.7 Å². The van der Waals surface area contributed by atoms with Crippen LogP contribution in [-0.4, -0.2) is 73.1 Å². The van der Waals surface area contributed by atoms with Crippen molar-refractivity contribution in [1.29, 1.82) is 0 Å². The van der Waals surface area contributed by atoms with Crippen LogP contribution in [0.2, 0.25) is 0 Å². The average Bonchev–Trinajstić information content (AvgIpc) is 2.75. The Balaban J connectivity index is 1.63. The predicted molar refractivity (Wildman–Crippen MR) is 107 cm³/mol. The van der Waals surface area contributed by atoms with Crippen LogP contribution < -0.4 is 10.2 Å². The van der Waals surface area contributed by atoms with Gasteiger partial charge in [0.1, 0.15) is 59.3 Å². The van der Waals surface area contributed by atoms with Gasteiger partial charge in [-0.05, 0) is 18.2 Å². The smallest absolute Gasteiger partial charge is 0.197 e. The Labute approximate surface area is 179 Å². The topological polar surface area (TPSA) is 190 Å². The summed E-state index contributed by atoms with van der Waals surface area (Å²) in [6, 6.07) is 7.41. The highest BCUT2D eigenvalue weighted by Gasteiger charge is 2.43. The monoisotopic (exact) mass is 448 g/mol. The van der Waals surface area contributed by atoms with E-state index in [4.69, 9.17) is 13.9 Å². The molecule has 1 aromatic heterocycles. The summed E-state index contributed by atoms with van der Waals surface area (Å²) in [4.78, 5) is 12.5. The number of aliphatic hydroxyl groups excluding tert-OH is 4. The molecule has 3 aromatic rings. The van der Waals surface area contributed by atoms with E-state index in [0.717, 1.165) is 12.1 Å². The third-order valence-electron chi connectivity index (χ3n) is 5.14. The van der Waals surface area contributed by atoms with Gasteiger partial charge in [0.15, 0.2) is 23.2 Å². The molecule has 32 heavy (non-hydrogen) atoms. The molecule has 0 unspecified atom stereocenters. The van der Waals surface area contributed by atoms with Crippen molar-refractivity contribution in [3.05, 3.63) is 46.6 Å². The number of aliphatic hydroxyl groups is 4. The Morgan fingerprint density at radius 3 is 2.31 bits per heavy atom. The van der Waals surface area contributed by atoms with Gasteiger partial charge in [-0.25, -0.2) is 0 Å². The molecule has 1 aliphatic heterocycles. The molecule has 0 aliphatic carbocycles. The summed E-state index contributed by atoms with van der Waals surface area (Å²) in [5.41, 5.74) is -0.315. The van der Waals surface area contributed by atoms with Crippen LogP contribution in [0.1, 0.15) is 0 Å². The van der Waals surface area contributed by atoms with E-state index in [1.54, 1.807) is 0 Å². The Bertz CT molecular complexity index is 1200.